The zero-order valence-corrected chi connectivity index (χ0v) is 15.8. The summed E-state index contributed by atoms with van der Waals surface area (Å²) < 4.78 is 11.5. The Morgan fingerprint density at radius 3 is 2.64 bits per heavy atom. The number of hydrogen-bond donors (Lipinski definition) is 1. The van der Waals surface area contributed by atoms with Gasteiger partial charge in [-0.05, 0) is 50.3 Å². The van der Waals surface area contributed by atoms with Gasteiger partial charge in [0.2, 0.25) is 5.91 Å². The number of rotatable bonds is 10. The van der Waals surface area contributed by atoms with E-state index in [2.05, 4.69) is 12.2 Å². The van der Waals surface area contributed by atoms with E-state index in [-0.39, 0.29) is 5.91 Å². The van der Waals surface area contributed by atoms with Gasteiger partial charge >= 0.3 is 0 Å². The van der Waals surface area contributed by atoms with Gasteiger partial charge in [-0.1, -0.05) is 38.7 Å². The minimum atomic E-state index is 0.160. The molecule has 1 aromatic carbocycles. The van der Waals surface area contributed by atoms with Gasteiger partial charge in [-0.3, -0.25) is 4.79 Å². The van der Waals surface area contributed by atoms with Crippen molar-refractivity contribution in [3.63, 3.8) is 0 Å². The van der Waals surface area contributed by atoms with Crippen molar-refractivity contribution in [3.8, 4) is 11.5 Å². The monoisotopic (exact) mass is 347 g/mol. The predicted octanol–water partition coefficient (Wildman–Crippen LogP) is 4.65. The van der Waals surface area contributed by atoms with E-state index in [1.807, 2.05) is 25.1 Å². The number of aryl methyl sites for hydroxylation is 1. The third kappa shape index (κ3) is 6.97. The van der Waals surface area contributed by atoms with E-state index >= 15 is 0 Å². The fourth-order valence-corrected chi connectivity index (χ4v) is 3.23. The average Bonchev–Trinajstić information content (AvgIpc) is 2.63. The molecule has 1 aliphatic carbocycles. The number of ether oxygens (including phenoxy) is 2. The van der Waals surface area contributed by atoms with Gasteiger partial charge in [0.15, 0.2) is 11.5 Å². The normalized spacial score (nSPS) is 15.0. The van der Waals surface area contributed by atoms with Gasteiger partial charge < -0.3 is 14.8 Å². The summed E-state index contributed by atoms with van der Waals surface area (Å²) in [5.74, 6) is 1.74. The lowest BCUT2D eigenvalue weighted by Crippen LogP contribution is -2.36. The van der Waals surface area contributed by atoms with Crippen LogP contribution in [-0.4, -0.2) is 25.2 Å². The highest BCUT2D eigenvalue weighted by atomic mass is 16.5. The molecular weight excluding hydrogens is 314 g/mol. The third-order valence-corrected chi connectivity index (χ3v) is 4.67. The average molecular weight is 347 g/mol. The van der Waals surface area contributed by atoms with Gasteiger partial charge in [0, 0.05) is 12.5 Å². The summed E-state index contributed by atoms with van der Waals surface area (Å²) >= 11 is 0. The predicted molar refractivity (Wildman–Crippen MR) is 101 cm³/mol. The molecule has 1 aromatic rings. The molecule has 1 fully saturated rings. The van der Waals surface area contributed by atoms with Gasteiger partial charge in [0.05, 0.1) is 13.2 Å². The van der Waals surface area contributed by atoms with Crippen molar-refractivity contribution < 1.29 is 14.3 Å². The van der Waals surface area contributed by atoms with Crippen LogP contribution in [0.25, 0.3) is 0 Å². The Bertz CT molecular complexity index is 524. The van der Waals surface area contributed by atoms with Gasteiger partial charge in [-0.15, -0.1) is 0 Å². The molecule has 1 N–H and O–H groups in total. The summed E-state index contributed by atoms with van der Waals surface area (Å²) in [5, 5.41) is 3.18. The van der Waals surface area contributed by atoms with Crippen molar-refractivity contribution in [1.29, 1.82) is 0 Å². The lowest BCUT2D eigenvalue weighted by Gasteiger charge is -2.22. The number of nitrogens with one attached hydrogen (secondary N) is 1. The van der Waals surface area contributed by atoms with Crippen LogP contribution < -0.4 is 14.8 Å². The maximum atomic E-state index is 12.2. The van der Waals surface area contributed by atoms with Gasteiger partial charge in [-0.2, -0.15) is 0 Å². The highest BCUT2D eigenvalue weighted by Crippen LogP contribution is 2.29. The van der Waals surface area contributed by atoms with Crippen LogP contribution in [0, 0.1) is 0 Å². The maximum absolute atomic E-state index is 12.2. The van der Waals surface area contributed by atoms with Gasteiger partial charge in [0.1, 0.15) is 0 Å². The molecule has 1 aliphatic rings. The van der Waals surface area contributed by atoms with E-state index in [4.69, 9.17) is 9.47 Å². The summed E-state index contributed by atoms with van der Waals surface area (Å²) in [7, 11) is 0. The standard InChI is InChI=1S/C21H33NO3/c1-3-5-15-25-19-13-11-17(16-20(19)24-4-2)12-14-21(23)22-18-9-7-6-8-10-18/h11,13,16,18H,3-10,12,14-15H2,1-2H3,(H,22,23). The summed E-state index contributed by atoms with van der Waals surface area (Å²) in [5.41, 5.74) is 1.12. The first-order chi connectivity index (χ1) is 12.2. The topological polar surface area (TPSA) is 47.6 Å². The fourth-order valence-electron chi connectivity index (χ4n) is 3.23. The summed E-state index contributed by atoms with van der Waals surface area (Å²) in [6.07, 6.45) is 9.44. The molecule has 4 nitrogen and oxygen atoms in total. The van der Waals surface area contributed by atoms with Crippen LogP contribution in [0.15, 0.2) is 18.2 Å². The molecule has 0 spiro atoms. The molecule has 0 radical (unpaired) electrons. The highest BCUT2D eigenvalue weighted by Gasteiger charge is 2.15. The minimum Gasteiger partial charge on any atom is -0.490 e. The smallest absolute Gasteiger partial charge is 0.220 e. The Labute approximate surface area is 152 Å². The molecule has 4 heteroatoms. The van der Waals surface area contributed by atoms with E-state index in [1.54, 1.807) is 0 Å². The molecule has 2 rings (SSSR count). The molecule has 1 amide bonds. The molecule has 0 heterocycles. The molecular formula is C21H33NO3. The summed E-state index contributed by atoms with van der Waals surface area (Å²) in [6, 6.07) is 6.40. The van der Waals surface area contributed by atoms with Crippen LogP contribution >= 0.6 is 0 Å². The Morgan fingerprint density at radius 1 is 1.12 bits per heavy atom. The van der Waals surface area contributed by atoms with Crippen LogP contribution in [-0.2, 0) is 11.2 Å². The Kier molecular flexibility index (Phi) is 8.64. The molecule has 0 aromatic heterocycles. The quantitative estimate of drug-likeness (QED) is 0.627. The lowest BCUT2D eigenvalue weighted by atomic mass is 9.95. The van der Waals surface area contributed by atoms with Crippen molar-refractivity contribution in [1.82, 2.24) is 5.32 Å². The first-order valence-corrected chi connectivity index (χ1v) is 9.90. The lowest BCUT2D eigenvalue weighted by molar-refractivity contribution is -0.121. The number of unbranched alkanes of at least 4 members (excludes halogenated alkanes) is 1. The number of amides is 1. The fraction of sp³-hybridized carbons (Fsp3) is 0.667. The van der Waals surface area contributed by atoms with Gasteiger partial charge in [-0.25, -0.2) is 0 Å². The number of hydrogen-bond acceptors (Lipinski definition) is 3. The van der Waals surface area contributed by atoms with Crippen molar-refractivity contribution >= 4 is 5.91 Å². The van der Waals surface area contributed by atoms with Crippen molar-refractivity contribution in [2.75, 3.05) is 13.2 Å². The molecule has 0 atom stereocenters. The molecule has 0 unspecified atom stereocenters. The van der Waals surface area contributed by atoms with Crippen LogP contribution in [0.1, 0.15) is 70.8 Å². The van der Waals surface area contributed by atoms with E-state index in [0.29, 0.717) is 25.7 Å². The van der Waals surface area contributed by atoms with Crippen molar-refractivity contribution in [2.45, 2.75) is 77.7 Å². The summed E-state index contributed by atoms with van der Waals surface area (Å²) in [6.45, 7) is 5.43. The molecule has 25 heavy (non-hydrogen) atoms. The van der Waals surface area contributed by atoms with Gasteiger partial charge in [0.25, 0.3) is 0 Å². The number of benzene rings is 1. The number of carbonyl (C=O) groups is 1. The second-order valence-electron chi connectivity index (χ2n) is 6.82. The zero-order chi connectivity index (χ0) is 17.9. The SMILES string of the molecule is CCCCOc1ccc(CCC(=O)NC2CCCCC2)cc1OCC. The van der Waals surface area contributed by atoms with Crippen LogP contribution in [0.2, 0.25) is 0 Å². The highest BCUT2D eigenvalue weighted by molar-refractivity contribution is 5.76. The van der Waals surface area contributed by atoms with E-state index in [0.717, 1.165) is 49.2 Å². The summed E-state index contributed by atoms with van der Waals surface area (Å²) in [4.78, 5) is 12.2. The second kappa shape index (κ2) is 11.0. The first-order valence-electron chi connectivity index (χ1n) is 9.90. The molecule has 1 saturated carbocycles. The molecule has 0 saturated heterocycles. The van der Waals surface area contributed by atoms with E-state index < -0.39 is 0 Å². The third-order valence-electron chi connectivity index (χ3n) is 4.67. The van der Waals surface area contributed by atoms with E-state index in [1.165, 1.54) is 19.3 Å². The largest absolute Gasteiger partial charge is 0.490 e. The molecule has 0 aliphatic heterocycles. The minimum absolute atomic E-state index is 0.160. The van der Waals surface area contributed by atoms with E-state index in [9.17, 15) is 4.79 Å². The van der Waals surface area contributed by atoms with Crippen LogP contribution in [0.5, 0.6) is 11.5 Å². The van der Waals surface area contributed by atoms with Crippen LogP contribution in [0.4, 0.5) is 0 Å². The molecule has 0 bridgehead atoms. The van der Waals surface area contributed by atoms with Crippen molar-refractivity contribution in [2.24, 2.45) is 0 Å². The zero-order valence-electron chi connectivity index (χ0n) is 15.8. The Hall–Kier alpha value is -1.71. The number of carbonyl (C=O) groups excluding carboxylic acids is 1. The Balaban J connectivity index is 1.85. The molecule has 140 valence electrons. The second-order valence-corrected chi connectivity index (χ2v) is 6.82. The van der Waals surface area contributed by atoms with Crippen molar-refractivity contribution in [3.05, 3.63) is 23.8 Å². The van der Waals surface area contributed by atoms with Crippen LogP contribution in [0.3, 0.4) is 0 Å². The Morgan fingerprint density at radius 2 is 1.92 bits per heavy atom. The maximum Gasteiger partial charge on any atom is 0.220 e. The first kappa shape index (κ1) is 19.6.